The Morgan fingerprint density at radius 2 is 1.88 bits per heavy atom. The highest BCUT2D eigenvalue weighted by molar-refractivity contribution is 7.81. The molecule has 1 fully saturated rings. The summed E-state index contributed by atoms with van der Waals surface area (Å²) in [5.74, 6) is -0.864. The molecule has 3 aromatic heterocycles. The first-order chi connectivity index (χ1) is 20.4. The molecule has 5 aromatic rings. The van der Waals surface area contributed by atoms with Crippen molar-refractivity contribution in [2.45, 2.75) is 25.1 Å². The summed E-state index contributed by atoms with van der Waals surface area (Å²) in [5, 5.41) is 10.3. The van der Waals surface area contributed by atoms with Gasteiger partial charge in [0, 0.05) is 47.5 Å². The molecule has 0 spiro atoms. The molecule has 0 saturated carbocycles. The number of H-pyrrole nitrogens is 1. The number of aromatic amines is 1. The summed E-state index contributed by atoms with van der Waals surface area (Å²) >= 11 is 0. The predicted molar refractivity (Wildman–Crippen MR) is 147 cm³/mol. The van der Waals surface area contributed by atoms with E-state index in [0.717, 1.165) is 12.3 Å². The van der Waals surface area contributed by atoms with E-state index in [9.17, 15) is 35.5 Å². The number of nitrogens with zero attached hydrogens (tertiary/aromatic N) is 3. The maximum Gasteiger partial charge on any atom is 0.488 e. The number of nitriles is 1. The summed E-state index contributed by atoms with van der Waals surface area (Å²) < 4.78 is 92.0. The van der Waals surface area contributed by atoms with E-state index in [1.165, 1.54) is 18.3 Å². The Kier molecular flexibility index (Phi) is 6.98. The molecule has 0 radical (unpaired) electrons. The zero-order valence-electron chi connectivity index (χ0n) is 21.9. The number of rotatable bonds is 6. The summed E-state index contributed by atoms with van der Waals surface area (Å²) in [4.78, 5) is 21.1. The Morgan fingerprint density at radius 1 is 1.12 bits per heavy atom. The van der Waals surface area contributed by atoms with Crippen molar-refractivity contribution < 1.29 is 39.1 Å². The van der Waals surface area contributed by atoms with Crippen molar-refractivity contribution in [2.75, 3.05) is 19.8 Å². The Bertz CT molecular complexity index is 2110. The molecule has 0 bridgehead atoms. The number of halogens is 4. The summed E-state index contributed by atoms with van der Waals surface area (Å²) in [6.45, 7) is -0.827. The monoisotopic (exact) mass is 616 g/mol. The average molecular weight is 617 g/mol. The lowest BCUT2D eigenvalue weighted by Gasteiger charge is -2.28. The van der Waals surface area contributed by atoms with Gasteiger partial charge in [-0.25, -0.2) is 0 Å². The lowest BCUT2D eigenvalue weighted by molar-refractivity contribution is -0.153. The summed E-state index contributed by atoms with van der Waals surface area (Å²) in [7, 11) is -5.42. The molecule has 0 unspecified atom stereocenters. The average Bonchev–Trinajstić information content (AvgIpc) is 3.34. The largest absolute Gasteiger partial charge is 0.488 e. The molecule has 0 aliphatic carbocycles. The molecule has 1 N–H and O–H groups in total. The van der Waals surface area contributed by atoms with Crippen LogP contribution in [0.5, 0.6) is 11.5 Å². The van der Waals surface area contributed by atoms with Gasteiger partial charge in [0.2, 0.25) is 0 Å². The Hall–Kier alpha value is -4.68. The molecular formula is C28H20F4N4O6S. The minimum absolute atomic E-state index is 0.0217. The van der Waals surface area contributed by atoms with Gasteiger partial charge in [0.05, 0.1) is 34.1 Å². The lowest BCUT2D eigenvalue weighted by Crippen LogP contribution is -2.23. The molecule has 6 rings (SSSR count). The quantitative estimate of drug-likeness (QED) is 0.196. The number of hydrogen-bond acceptors (Lipinski definition) is 8. The van der Waals surface area contributed by atoms with Gasteiger partial charge in [-0.05, 0) is 43.2 Å². The molecule has 10 nitrogen and oxygen atoms in total. The zero-order chi connectivity index (χ0) is 30.5. The van der Waals surface area contributed by atoms with E-state index in [1.807, 2.05) is 4.57 Å². The first-order valence-corrected chi connectivity index (χ1v) is 14.2. The molecule has 222 valence electrons. The normalized spacial score (nSPS) is 14.8. The summed E-state index contributed by atoms with van der Waals surface area (Å²) in [6, 6.07) is 10.4. The van der Waals surface area contributed by atoms with Gasteiger partial charge in [-0.15, -0.1) is 0 Å². The van der Waals surface area contributed by atoms with E-state index in [1.54, 1.807) is 18.2 Å². The smallest absolute Gasteiger partial charge is 0.483 e. The fraction of sp³-hybridized carbons (Fsp3) is 0.250. The van der Waals surface area contributed by atoms with Crippen LogP contribution in [0.2, 0.25) is 0 Å². The molecular weight excluding hydrogens is 596 g/mol. The highest BCUT2D eigenvalue weighted by atomic mass is 32.3. The number of alkyl halides is 3. The third-order valence-corrected chi connectivity index (χ3v) is 7.54. The van der Waals surface area contributed by atoms with E-state index in [-0.39, 0.29) is 28.3 Å². The number of aromatic nitrogens is 3. The fourth-order valence-electron chi connectivity index (χ4n) is 5.42. The van der Waals surface area contributed by atoms with Crippen molar-refractivity contribution >= 4 is 43.3 Å². The molecule has 1 saturated heterocycles. The van der Waals surface area contributed by atoms with Crippen molar-refractivity contribution in [1.29, 1.82) is 5.26 Å². The molecule has 15 heteroatoms. The van der Waals surface area contributed by atoms with Crippen LogP contribution in [0, 0.1) is 11.3 Å². The van der Waals surface area contributed by atoms with Crippen molar-refractivity contribution in [3.63, 3.8) is 0 Å². The zero-order valence-corrected chi connectivity index (χ0v) is 22.8. The number of fused-ring (bicyclic) bond motifs is 4. The molecule has 0 atom stereocenters. The van der Waals surface area contributed by atoms with Gasteiger partial charge < -0.3 is 23.2 Å². The summed E-state index contributed by atoms with van der Waals surface area (Å²) in [6.07, 6.45) is -1.47. The van der Waals surface area contributed by atoms with Crippen LogP contribution in [0.25, 0.3) is 44.0 Å². The maximum absolute atomic E-state index is 14.0. The molecule has 43 heavy (non-hydrogen) atoms. The second-order valence-corrected chi connectivity index (χ2v) is 10.9. The van der Waals surface area contributed by atoms with Crippen LogP contribution in [0.3, 0.4) is 0 Å². The maximum atomic E-state index is 14.0. The van der Waals surface area contributed by atoms with E-state index in [4.69, 9.17) is 9.47 Å². The van der Waals surface area contributed by atoms with E-state index >= 15 is 0 Å². The fourth-order valence-corrected chi connectivity index (χ4v) is 5.74. The van der Waals surface area contributed by atoms with Crippen molar-refractivity contribution in [3.05, 3.63) is 64.6 Å². The number of pyridine rings is 2. The van der Waals surface area contributed by atoms with E-state index in [2.05, 4.69) is 20.2 Å². The van der Waals surface area contributed by atoms with Crippen LogP contribution in [-0.2, 0) is 15.2 Å². The van der Waals surface area contributed by atoms with E-state index < -0.39 is 34.5 Å². The Labute approximate surface area is 240 Å². The van der Waals surface area contributed by atoms with Gasteiger partial charge >= 0.3 is 16.7 Å². The Morgan fingerprint density at radius 3 is 2.58 bits per heavy atom. The van der Waals surface area contributed by atoms with Gasteiger partial charge in [0.1, 0.15) is 11.4 Å². The topological polar surface area (TPSA) is 136 Å². The van der Waals surface area contributed by atoms with E-state index in [0.29, 0.717) is 59.1 Å². The van der Waals surface area contributed by atoms with Gasteiger partial charge in [0.25, 0.3) is 0 Å². The third kappa shape index (κ3) is 5.58. The van der Waals surface area contributed by atoms with Gasteiger partial charge in [0.15, 0.2) is 17.8 Å². The van der Waals surface area contributed by atoms with Crippen LogP contribution in [0.4, 0.5) is 17.1 Å². The van der Waals surface area contributed by atoms with Gasteiger partial charge in [-0.3, -0.25) is 9.78 Å². The molecule has 0 amide bonds. The second-order valence-electron chi connectivity index (χ2n) is 9.92. The summed E-state index contributed by atoms with van der Waals surface area (Å²) in [5.41, 5.74) is 1.26. The first-order valence-electron chi connectivity index (χ1n) is 12.9. The van der Waals surface area contributed by atoms with Crippen molar-refractivity contribution in [2.24, 2.45) is 0 Å². The van der Waals surface area contributed by atoms with Crippen molar-refractivity contribution in [3.8, 4) is 28.7 Å². The molecule has 1 aliphatic rings. The highest BCUT2D eigenvalue weighted by Gasteiger charge is 2.30. The van der Waals surface area contributed by atoms with Gasteiger partial charge in [-0.2, -0.15) is 26.9 Å². The van der Waals surface area contributed by atoms with Crippen LogP contribution < -0.4 is 14.3 Å². The molecule has 2 aromatic carbocycles. The lowest BCUT2D eigenvalue weighted by atomic mass is 10.00. The predicted octanol–water partition coefficient (Wildman–Crippen LogP) is 5.46. The minimum Gasteiger partial charge on any atom is -0.483 e. The Balaban J connectivity index is 1.69. The van der Waals surface area contributed by atoms with Crippen molar-refractivity contribution in [1.82, 2.24) is 14.5 Å². The van der Waals surface area contributed by atoms with Crippen LogP contribution in [-0.4, -0.2) is 48.9 Å². The SMILES string of the molecule is N#Cc1ccc2c(c1)[nH]c1c2c(=O)c2cc(OCC(F)(F)F)c(-c3cncc(OS(=O)(=O)F)c3)cc2n1C1CCOCC1. The third-order valence-electron chi connectivity index (χ3n) is 7.15. The first kappa shape index (κ1) is 28.4. The second kappa shape index (κ2) is 10.5. The standard InChI is InChI=1S/C28H20F4N4O6S/c29-28(30,31)14-41-24-10-21-23(9-20(24)16-8-18(13-34-12-16)42-43(32,38)39)36(17-3-5-40-6-4-17)27-25(26(21)37)19-2-1-15(11-33)7-22(19)35-27/h1-2,7-10,12-13,17,35H,3-6,14H2. The number of hydrogen-bond donors (Lipinski definition) is 1. The molecule has 4 heterocycles. The van der Waals surface area contributed by atoms with Gasteiger partial charge in [-0.1, -0.05) is 9.95 Å². The van der Waals surface area contributed by atoms with Crippen LogP contribution >= 0.6 is 0 Å². The minimum atomic E-state index is -5.42. The van der Waals surface area contributed by atoms with Crippen LogP contribution in [0.1, 0.15) is 24.4 Å². The molecule has 1 aliphatic heterocycles. The number of ether oxygens (including phenoxy) is 2. The number of nitrogens with one attached hydrogen (secondary N) is 1. The van der Waals surface area contributed by atoms with Crippen LogP contribution in [0.15, 0.2) is 53.6 Å². The number of benzene rings is 2. The highest BCUT2D eigenvalue weighted by Crippen LogP contribution is 2.39.